The van der Waals surface area contributed by atoms with E-state index in [0.29, 0.717) is 43.2 Å². The van der Waals surface area contributed by atoms with Crippen molar-refractivity contribution in [2.45, 2.75) is 0 Å². The molecule has 2 amide bonds. The van der Waals surface area contributed by atoms with Crippen molar-refractivity contribution in [2.24, 2.45) is 16.5 Å². The number of benzene rings is 2. The number of hydrogen-bond donors (Lipinski definition) is 4. The molecule has 0 aliphatic rings. The summed E-state index contributed by atoms with van der Waals surface area (Å²) in [4.78, 5) is 40.1. The van der Waals surface area contributed by atoms with E-state index in [2.05, 4.69) is 15.6 Å². The quantitative estimate of drug-likeness (QED) is 0.116. The summed E-state index contributed by atoms with van der Waals surface area (Å²) in [6.45, 7) is 1.43. The van der Waals surface area contributed by atoms with Gasteiger partial charge in [-0.05, 0) is 48.5 Å². The zero-order chi connectivity index (χ0) is 24.1. The molecule has 0 fully saturated rings. The number of aliphatic imine (C=N–C) groups is 1. The fourth-order valence-electron chi connectivity index (χ4n) is 2.49. The average molecular weight is 457 g/mol. The normalized spacial score (nSPS) is 10.2. The minimum absolute atomic E-state index is 0.0848. The third kappa shape index (κ3) is 9.37. The molecular formula is C22H27N5O6. The zero-order valence-electron chi connectivity index (χ0n) is 18.2. The lowest BCUT2D eigenvalue weighted by Gasteiger charge is -2.08. The number of nitrogens with zero attached hydrogens (tertiary/aromatic N) is 1. The lowest BCUT2D eigenvalue weighted by atomic mass is 10.2. The summed E-state index contributed by atoms with van der Waals surface area (Å²) in [5, 5.41) is 5.15. The Kier molecular flexibility index (Phi) is 10.3. The number of hydrogen-bond acceptors (Lipinski definition) is 7. The molecule has 0 saturated carbocycles. The van der Waals surface area contributed by atoms with Crippen LogP contribution in [0.15, 0.2) is 53.5 Å². The highest BCUT2D eigenvalue weighted by Crippen LogP contribution is 2.17. The number of guanidine groups is 1. The Balaban J connectivity index is 1.77. The molecule has 0 unspecified atom stereocenters. The number of rotatable bonds is 12. The van der Waals surface area contributed by atoms with Crippen LogP contribution in [0.3, 0.4) is 0 Å². The third-order valence-corrected chi connectivity index (χ3v) is 4.10. The number of methoxy groups -OCH3 is 1. The maximum Gasteiger partial charge on any atom is 0.343 e. The van der Waals surface area contributed by atoms with Crippen LogP contribution < -0.4 is 26.8 Å². The molecule has 0 bridgehead atoms. The summed E-state index contributed by atoms with van der Waals surface area (Å²) >= 11 is 0. The van der Waals surface area contributed by atoms with Crippen LogP contribution in [0.2, 0.25) is 0 Å². The third-order valence-electron chi connectivity index (χ3n) is 4.10. The van der Waals surface area contributed by atoms with Crippen molar-refractivity contribution in [3.63, 3.8) is 0 Å². The number of esters is 1. The van der Waals surface area contributed by atoms with E-state index in [9.17, 15) is 14.4 Å². The van der Waals surface area contributed by atoms with Gasteiger partial charge in [-0.2, -0.15) is 0 Å². The van der Waals surface area contributed by atoms with Crippen LogP contribution in [0.5, 0.6) is 5.75 Å². The molecule has 2 rings (SSSR count). The van der Waals surface area contributed by atoms with Gasteiger partial charge in [0.2, 0.25) is 5.91 Å². The molecule has 0 spiro atoms. The molecule has 2 aromatic carbocycles. The molecule has 0 atom stereocenters. The first-order valence-corrected chi connectivity index (χ1v) is 10.0. The monoisotopic (exact) mass is 457 g/mol. The van der Waals surface area contributed by atoms with Crippen molar-refractivity contribution in [1.29, 1.82) is 0 Å². The van der Waals surface area contributed by atoms with E-state index in [4.69, 9.17) is 25.7 Å². The van der Waals surface area contributed by atoms with Crippen molar-refractivity contribution in [1.82, 2.24) is 10.6 Å². The molecule has 0 aromatic heterocycles. The molecule has 0 aliphatic carbocycles. The molecule has 176 valence electrons. The predicted molar refractivity (Wildman–Crippen MR) is 121 cm³/mol. The first-order chi connectivity index (χ1) is 15.9. The first kappa shape index (κ1) is 25.3. The number of nitrogens with two attached hydrogens (primary N) is 2. The van der Waals surface area contributed by atoms with E-state index in [0.717, 1.165) is 0 Å². The number of amides is 2. The van der Waals surface area contributed by atoms with Gasteiger partial charge in [-0.15, -0.1) is 0 Å². The van der Waals surface area contributed by atoms with Gasteiger partial charge in [-0.25, -0.2) is 9.79 Å². The SMILES string of the molecule is COCCOCCNC(=O)CNC(=O)c1ccc(OC(=O)c2ccc(N=C(N)N)cc2)cc1. The van der Waals surface area contributed by atoms with E-state index >= 15 is 0 Å². The highest BCUT2D eigenvalue weighted by atomic mass is 16.5. The molecule has 0 radical (unpaired) electrons. The number of carbonyl (C=O) groups is 3. The fraction of sp³-hybridized carbons (Fsp3) is 0.273. The van der Waals surface area contributed by atoms with Gasteiger partial charge in [-0.3, -0.25) is 9.59 Å². The lowest BCUT2D eigenvalue weighted by Crippen LogP contribution is -2.38. The van der Waals surface area contributed by atoms with Crippen LogP contribution in [-0.4, -0.2) is 63.8 Å². The Hall–Kier alpha value is -3.96. The Labute approximate surface area is 191 Å². The molecule has 11 heteroatoms. The van der Waals surface area contributed by atoms with E-state index < -0.39 is 11.9 Å². The van der Waals surface area contributed by atoms with E-state index in [-0.39, 0.29) is 24.2 Å². The van der Waals surface area contributed by atoms with Gasteiger partial charge in [0.15, 0.2) is 5.96 Å². The molecule has 0 aliphatic heterocycles. The topological polar surface area (TPSA) is 167 Å². The lowest BCUT2D eigenvalue weighted by molar-refractivity contribution is -0.120. The highest BCUT2D eigenvalue weighted by Gasteiger charge is 2.11. The largest absolute Gasteiger partial charge is 0.423 e. The van der Waals surface area contributed by atoms with Gasteiger partial charge >= 0.3 is 5.97 Å². The Morgan fingerprint density at radius 1 is 0.879 bits per heavy atom. The Morgan fingerprint density at radius 2 is 1.55 bits per heavy atom. The summed E-state index contributed by atoms with van der Waals surface area (Å²) in [5.41, 5.74) is 11.7. The second-order valence-electron chi connectivity index (χ2n) is 6.64. The first-order valence-electron chi connectivity index (χ1n) is 10.0. The molecule has 2 aromatic rings. The molecule has 33 heavy (non-hydrogen) atoms. The molecule has 0 saturated heterocycles. The van der Waals surface area contributed by atoms with Crippen LogP contribution in [0, 0.1) is 0 Å². The van der Waals surface area contributed by atoms with Crippen molar-refractivity contribution >= 4 is 29.4 Å². The van der Waals surface area contributed by atoms with Crippen molar-refractivity contribution < 1.29 is 28.6 Å². The van der Waals surface area contributed by atoms with Crippen molar-refractivity contribution in [3.8, 4) is 5.75 Å². The summed E-state index contributed by atoms with van der Waals surface area (Å²) in [5.74, 6) is -1.18. The summed E-state index contributed by atoms with van der Waals surface area (Å²) in [6.07, 6.45) is 0. The van der Waals surface area contributed by atoms with E-state index in [1.54, 1.807) is 19.2 Å². The average Bonchev–Trinajstić information content (AvgIpc) is 2.80. The van der Waals surface area contributed by atoms with Gasteiger partial charge in [0.1, 0.15) is 5.75 Å². The van der Waals surface area contributed by atoms with Crippen molar-refractivity contribution in [3.05, 3.63) is 59.7 Å². The maximum atomic E-state index is 12.3. The zero-order valence-corrected chi connectivity index (χ0v) is 18.2. The van der Waals surface area contributed by atoms with Crippen LogP contribution in [0.4, 0.5) is 5.69 Å². The van der Waals surface area contributed by atoms with Gasteiger partial charge < -0.3 is 36.3 Å². The molecule has 6 N–H and O–H groups in total. The summed E-state index contributed by atoms with van der Waals surface area (Å²) in [6, 6.07) is 12.2. The van der Waals surface area contributed by atoms with Crippen LogP contribution in [0.25, 0.3) is 0 Å². The number of carbonyl (C=O) groups excluding carboxylic acids is 3. The molecule has 11 nitrogen and oxygen atoms in total. The number of ether oxygens (including phenoxy) is 3. The van der Waals surface area contributed by atoms with Gasteiger partial charge in [0.25, 0.3) is 5.91 Å². The van der Waals surface area contributed by atoms with Gasteiger partial charge in [0.05, 0.1) is 37.6 Å². The molecule has 0 heterocycles. The van der Waals surface area contributed by atoms with Crippen LogP contribution in [-0.2, 0) is 14.3 Å². The fourth-order valence-corrected chi connectivity index (χ4v) is 2.49. The number of nitrogens with one attached hydrogen (secondary N) is 2. The highest BCUT2D eigenvalue weighted by molar-refractivity contribution is 5.96. The summed E-state index contributed by atoms with van der Waals surface area (Å²) < 4.78 is 15.4. The van der Waals surface area contributed by atoms with Crippen LogP contribution in [0.1, 0.15) is 20.7 Å². The predicted octanol–water partition coefficient (Wildman–Crippen LogP) is 0.320. The van der Waals surface area contributed by atoms with Crippen LogP contribution >= 0.6 is 0 Å². The minimum atomic E-state index is -0.577. The summed E-state index contributed by atoms with van der Waals surface area (Å²) in [7, 11) is 1.57. The van der Waals surface area contributed by atoms with E-state index in [1.807, 2.05) is 0 Å². The Bertz CT molecular complexity index is 956. The molecular weight excluding hydrogens is 430 g/mol. The second kappa shape index (κ2) is 13.5. The van der Waals surface area contributed by atoms with E-state index in [1.165, 1.54) is 36.4 Å². The minimum Gasteiger partial charge on any atom is -0.423 e. The Morgan fingerprint density at radius 3 is 2.18 bits per heavy atom. The standard InChI is InChI=1S/C22H27N5O6/c1-31-12-13-32-11-10-25-19(28)14-26-20(29)15-4-8-18(9-5-15)33-21(30)16-2-6-17(7-3-16)27-22(23)24/h2-9H,10-14H2,1H3,(H,25,28)(H,26,29)(H4,23,24,27). The smallest absolute Gasteiger partial charge is 0.343 e. The second-order valence-corrected chi connectivity index (χ2v) is 6.64. The van der Waals surface area contributed by atoms with Crippen molar-refractivity contribution in [2.75, 3.05) is 40.0 Å². The maximum absolute atomic E-state index is 12.3. The van der Waals surface area contributed by atoms with Gasteiger partial charge in [-0.1, -0.05) is 0 Å². The van der Waals surface area contributed by atoms with Gasteiger partial charge in [0, 0.05) is 19.2 Å².